The van der Waals surface area contributed by atoms with Crippen LogP contribution in [0.1, 0.15) is 11.1 Å². The summed E-state index contributed by atoms with van der Waals surface area (Å²) < 4.78 is 0. The van der Waals surface area contributed by atoms with Gasteiger partial charge >= 0.3 is 0 Å². The summed E-state index contributed by atoms with van der Waals surface area (Å²) in [5.74, 6) is 0. The highest BCUT2D eigenvalue weighted by molar-refractivity contribution is 5.68. The lowest BCUT2D eigenvalue weighted by molar-refractivity contribution is 1.26. The first kappa shape index (κ1) is 10.4. The van der Waals surface area contributed by atoms with Gasteiger partial charge in [-0.3, -0.25) is 0 Å². The van der Waals surface area contributed by atoms with Gasteiger partial charge < -0.3 is 0 Å². The van der Waals surface area contributed by atoms with Gasteiger partial charge in [-0.15, -0.1) is 0 Å². The Labute approximate surface area is 96.0 Å². The molecule has 0 saturated carbocycles. The molecule has 0 aliphatic carbocycles. The quantitative estimate of drug-likeness (QED) is 0.736. The molecular weight excluding hydrogens is 194 g/mol. The number of aryl methyl sites for hydroxylation is 1. The van der Waals surface area contributed by atoms with E-state index >= 15 is 0 Å². The maximum absolute atomic E-state index is 8.80. The van der Waals surface area contributed by atoms with E-state index in [2.05, 4.69) is 37.3 Å². The van der Waals surface area contributed by atoms with Crippen LogP contribution in [0.2, 0.25) is 0 Å². The van der Waals surface area contributed by atoms with E-state index < -0.39 is 0 Å². The summed E-state index contributed by atoms with van der Waals surface area (Å²) in [6.45, 7) is 2.08. The van der Waals surface area contributed by atoms with Crippen molar-refractivity contribution in [2.45, 2.75) is 13.3 Å². The average molecular weight is 207 g/mol. The normalized spacial score (nSPS) is 9.75. The highest BCUT2D eigenvalue weighted by Gasteiger charge is 2.03. The van der Waals surface area contributed by atoms with Crippen molar-refractivity contribution >= 4 is 0 Å². The number of benzene rings is 2. The van der Waals surface area contributed by atoms with E-state index in [-0.39, 0.29) is 0 Å². The molecule has 2 aromatic rings. The first-order valence-corrected chi connectivity index (χ1v) is 5.33. The monoisotopic (exact) mass is 207 g/mol. The summed E-state index contributed by atoms with van der Waals surface area (Å²) in [5.41, 5.74) is 4.68. The predicted molar refractivity (Wildman–Crippen MR) is 65.9 cm³/mol. The molecule has 78 valence electrons. The average Bonchev–Trinajstić information content (AvgIpc) is 2.30. The van der Waals surface area contributed by atoms with Crippen molar-refractivity contribution in [2.75, 3.05) is 0 Å². The molecule has 2 rings (SSSR count). The molecule has 0 aromatic heterocycles. The Morgan fingerprint density at radius 2 is 1.88 bits per heavy atom. The molecule has 0 saturated heterocycles. The standard InChI is InChI=1S/C15H13N/c1-12-5-4-7-14(11-12)15-8-3-2-6-13(15)9-10-16/h2-8,11H,9H2,1H3. The first-order valence-electron chi connectivity index (χ1n) is 5.33. The van der Waals surface area contributed by atoms with Gasteiger partial charge in [-0.1, -0.05) is 54.1 Å². The van der Waals surface area contributed by atoms with Gasteiger partial charge in [0.05, 0.1) is 12.5 Å². The van der Waals surface area contributed by atoms with Crippen LogP contribution in [0.3, 0.4) is 0 Å². The molecule has 2 aromatic carbocycles. The minimum Gasteiger partial charge on any atom is -0.198 e. The van der Waals surface area contributed by atoms with E-state index in [1.165, 1.54) is 11.1 Å². The molecule has 0 amide bonds. The summed E-state index contributed by atoms with van der Waals surface area (Å²) in [6, 6.07) is 18.6. The third-order valence-electron chi connectivity index (χ3n) is 2.62. The first-order chi connectivity index (χ1) is 7.81. The Bertz CT molecular complexity index is 535. The molecule has 1 nitrogen and oxygen atoms in total. The largest absolute Gasteiger partial charge is 0.198 e. The van der Waals surface area contributed by atoms with Gasteiger partial charge in [-0.05, 0) is 23.6 Å². The Morgan fingerprint density at radius 3 is 2.62 bits per heavy atom. The number of hydrogen-bond acceptors (Lipinski definition) is 1. The zero-order chi connectivity index (χ0) is 11.4. The molecule has 0 heterocycles. The molecule has 0 aliphatic rings. The van der Waals surface area contributed by atoms with Crippen molar-refractivity contribution in [2.24, 2.45) is 0 Å². The Hall–Kier alpha value is -2.07. The zero-order valence-electron chi connectivity index (χ0n) is 9.27. The predicted octanol–water partition coefficient (Wildman–Crippen LogP) is 3.73. The van der Waals surface area contributed by atoms with Gasteiger partial charge in [0.1, 0.15) is 0 Å². The van der Waals surface area contributed by atoms with E-state index in [9.17, 15) is 0 Å². The zero-order valence-corrected chi connectivity index (χ0v) is 9.27. The van der Waals surface area contributed by atoms with Crippen LogP contribution in [0.15, 0.2) is 48.5 Å². The SMILES string of the molecule is Cc1cccc(-c2ccccc2CC#N)c1. The number of hydrogen-bond donors (Lipinski definition) is 0. The maximum atomic E-state index is 8.80. The van der Waals surface area contributed by atoms with Gasteiger partial charge in [0, 0.05) is 0 Å². The van der Waals surface area contributed by atoms with E-state index in [1.54, 1.807) is 0 Å². The van der Waals surface area contributed by atoms with Crippen molar-refractivity contribution in [3.05, 3.63) is 59.7 Å². The van der Waals surface area contributed by atoms with Crippen molar-refractivity contribution in [1.29, 1.82) is 5.26 Å². The van der Waals surface area contributed by atoms with Crippen molar-refractivity contribution in [3.63, 3.8) is 0 Å². The molecule has 16 heavy (non-hydrogen) atoms. The van der Waals surface area contributed by atoms with E-state index in [0.717, 1.165) is 11.1 Å². The Balaban J connectivity index is 2.52. The molecule has 0 spiro atoms. The van der Waals surface area contributed by atoms with Crippen LogP contribution >= 0.6 is 0 Å². The smallest absolute Gasteiger partial charge is 0.0669 e. The van der Waals surface area contributed by atoms with Crippen molar-refractivity contribution in [1.82, 2.24) is 0 Å². The Morgan fingerprint density at radius 1 is 1.06 bits per heavy atom. The number of rotatable bonds is 2. The summed E-state index contributed by atoms with van der Waals surface area (Å²) in [6.07, 6.45) is 0.462. The second-order valence-electron chi connectivity index (χ2n) is 3.86. The lowest BCUT2D eigenvalue weighted by atomic mass is 9.97. The van der Waals surface area contributed by atoms with E-state index in [0.29, 0.717) is 6.42 Å². The Kier molecular flexibility index (Phi) is 3.03. The highest BCUT2D eigenvalue weighted by atomic mass is 14.2. The van der Waals surface area contributed by atoms with Gasteiger partial charge in [0.2, 0.25) is 0 Å². The summed E-state index contributed by atoms with van der Waals surface area (Å²) in [5, 5.41) is 8.80. The van der Waals surface area contributed by atoms with Crippen LogP contribution in [-0.2, 0) is 6.42 Å². The number of nitrogens with zero attached hydrogens (tertiary/aromatic N) is 1. The van der Waals surface area contributed by atoms with Crippen molar-refractivity contribution in [3.8, 4) is 17.2 Å². The lowest BCUT2D eigenvalue weighted by Crippen LogP contribution is -1.88. The van der Waals surface area contributed by atoms with Crippen LogP contribution in [0.25, 0.3) is 11.1 Å². The molecule has 0 unspecified atom stereocenters. The van der Waals surface area contributed by atoms with Gasteiger partial charge in [-0.2, -0.15) is 5.26 Å². The summed E-state index contributed by atoms with van der Waals surface area (Å²) >= 11 is 0. The molecule has 0 N–H and O–H groups in total. The van der Waals surface area contributed by atoms with Gasteiger partial charge in [0.25, 0.3) is 0 Å². The molecule has 0 bridgehead atoms. The fourth-order valence-corrected chi connectivity index (χ4v) is 1.85. The van der Waals surface area contributed by atoms with Crippen LogP contribution in [0, 0.1) is 18.3 Å². The van der Waals surface area contributed by atoms with Gasteiger partial charge in [-0.25, -0.2) is 0 Å². The molecule has 0 fully saturated rings. The third kappa shape index (κ3) is 2.12. The second-order valence-corrected chi connectivity index (χ2v) is 3.86. The topological polar surface area (TPSA) is 23.8 Å². The fourth-order valence-electron chi connectivity index (χ4n) is 1.85. The summed E-state index contributed by atoms with van der Waals surface area (Å²) in [4.78, 5) is 0. The van der Waals surface area contributed by atoms with Gasteiger partial charge in [0.15, 0.2) is 0 Å². The minimum absolute atomic E-state index is 0.462. The second kappa shape index (κ2) is 4.63. The molecule has 0 aliphatic heterocycles. The highest BCUT2D eigenvalue weighted by Crippen LogP contribution is 2.24. The molecule has 0 radical (unpaired) electrons. The van der Waals surface area contributed by atoms with Crippen molar-refractivity contribution < 1.29 is 0 Å². The van der Waals surface area contributed by atoms with Crippen LogP contribution in [-0.4, -0.2) is 0 Å². The molecule has 1 heteroatoms. The van der Waals surface area contributed by atoms with E-state index in [4.69, 9.17) is 5.26 Å². The molecule has 0 atom stereocenters. The van der Waals surface area contributed by atoms with Crippen LogP contribution in [0.4, 0.5) is 0 Å². The van der Waals surface area contributed by atoms with E-state index in [1.807, 2.05) is 24.3 Å². The van der Waals surface area contributed by atoms with Crippen LogP contribution in [0.5, 0.6) is 0 Å². The minimum atomic E-state index is 0.462. The summed E-state index contributed by atoms with van der Waals surface area (Å²) in [7, 11) is 0. The lowest BCUT2D eigenvalue weighted by Gasteiger charge is -2.07. The number of nitriles is 1. The third-order valence-corrected chi connectivity index (χ3v) is 2.62. The molecular formula is C15H13N. The maximum Gasteiger partial charge on any atom is 0.0669 e. The van der Waals surface area contributed by atoms with Crippen LogP contribution < -0.4 is 0 Å². The fraction of sp³-hybridized carbons (Fsp3) is 0.133.